The predicted molar refractivity (Wildman–Crippen MR) is 73.7 cm³/mol. The average Bonchev–Trinajstić information content (AvgIpc) is 2.82. The van der Waals surface area contributed by atoms with Crippen molar-refractivity contribution < 1.29 is 8.42 Å². The Morgan fingerprint density at radius 2 is 2.00 bits per heavy atom. The number of hydrogen-bond donors (Lipinski definition) is 1. The maximum absolute atomic E-state index is 12.2. The molecule has 0 radical (unpaired) electrons. The van der Waals surface area contributed by atoms with Crippen molar-refractivity contribution in [2.45, 2.75) is 37.5 Å². The fourth-order valence-electron chi connectivity index (χ4n) is 2.42. The van der Waals surface area contributed by atoms with Crippen molar-refractivity contribution in [3.05, 3.63) is 29.3 Å². The number of hydrogen-bond acceptors (Lipinski definition) is 3. The summed E-state index contributed by atoms with van der Waals surface area (Å²) in [5.74, 6) is 0.235. The molecule has 1 aromatic carbocycles. The van der Waals surface area contributed by atoms with Gasteiger partial charge in [0.2, 0.25) is 0 Å². The number of nitrogens with one attached hydrogen (secondary N) is 1. The van der Waals surface area contributed by atoms with Crippen molar-refractivity contribution in [2.24, 2.45) is 0 Å². The third-order valence-corrected chi connectivity index (χ3v) is 5.24. The molecule has 0 heterocycles. The van der Waals surface area contributed by atoms with Gasteiger partial charge in [-0.1, -0.05) is 13.0 Å². The van der Waals surface area contributed by atoms with Gasteiger partial charge in [-0.3, -0.25) is 0 Å². The molecule has 0 saturated heterocycles. The molecule has 0 unspecified atom stereocenters. The summed E-state index contributed by atoms with van der Waals surface area (Å²) in [6, 6.07) is 5.64. The first kappa shape index (κ1) is 13.6. The molecule has 0 aromatic heterocycles. The SMILES string of the molecule is CCNCCCS(=O)(=O)c1ccc2c(c1)CCC2. The van der Waals surface area contributed by atoms with Crippen LogP contribution in [0, 0.1) is 0 Å². The lowest BCUT2D eigenvalue weighted by atomic mass is 10.1. The van der Waals surface area contributed by atoms with Gasteiger partial charge in [0.05, 0.1) is 10.6 Å². The molecule has 0 atom stereocenters. The summed E-state index contributed by atoms with van der Waals surface area (Å²) in [4.78, 5) is 0.500. The molecule has 2 rings (SSSR count). The minimum atomic E-state index is -3.10. The fraction of sp³-hybridized carbons (Fsp3) is 0.571. The molecule has 4 heteroatoms. The molecule has 0 amide bonds. The molecule has 0 saturated carbocycles. The highest BCUT2D eigenvalue weighted by atomic mass is 32.2. The van der Waals surface area contributed by atoms with E-state index in [1.165, 1.54) is 11.1 Å². The van der Waals surface area contributed by atoms with Gasteiger partial charge >= 0.3 is 0 Å². The van der Waals surface area contributed by atoms with E-state index in [9.17, 15) is 8.42 Å². The van der Waals surface area contributed by atoms with Crippen LogP contribution in [0.1, 0.15) is 30.9 Å². The minimum Gasteiger partial charge on any atom is -0.317 e. The van der Waals surface area contributed by atoms with E-state index in [2.05, 4.69) is 5.32 Å². The van der Waals surface area contributed by atoms with Crippen molar-refractivity contribution in [3.8, 4) is 0 Å². The summed E-state index contributed by atoms with van der Waals surface area (Å²) in [6.45, 7) is 3.68. The maximum atomic E-state index is 12.2. The third kappa shape index (κ3) is 3.12. The Balaban J connectivity index is 2.05. The van der Waals surface area contributed by atoms with Crippen LogP contribution in [0.5, 0.6) is 0 Å². The van der Waals surface area contributed by atoms with Crippen LogP contribution in [0.2, 0.25) is 0 Å². The van der Waals surface area contributed by atoms with Crippen LogP contribution < -0.4 is 5.32 Å². The zero-order valence-corrected chi connectivity index (χ0v) is 11.7. The van der Waals surface area contributed by atoms with Crippen LogP contribution in [-0.2, 0) is 22.7 Å². The van der Waals surface area contributed by atoms with E-state index in [-0.39, 0.29) is 5.75 Å². The Labute approximate surface area is 110 Å². The molecule has 1 aliphatic carbocycles. The lowest BCUT2D eigenvalue weighted by molar-refractivity contribution is 0.590. The normalized spacial score (nSPS) is 14.7. The van der Waals surface area contributed by atoms with Crippen molar-refractivity contribution in [1.82, 2.24) is 5.32 Å². The number of fused-ring (bicyclic) bond motifs is 1. The van der Waals surface area contributed by atoms with E-state index in [4.69, 9.17) is 0 Å². The second-order valence-electron chi connectivity index (χ2n) is 4.81. The highest BCUT2D eigenvalue weighted by Crippen LogP contribution is 2.25. The van der Waals surface area contributed by atoms with Crippen LogP contribution in [-0.4, -0.2) is 27.3 Å². The van der Waals surface area contributed by atoms with E-state index in [1.54, 1.807) is 6.07 Å². The van der Waals surface area contributed by atoms with E-state index >= 15 is 0 Å². The summed E-state index contributed by atoms with van der Waals surface area (Å²) in [5.41, 5.74) is 2.55. The van der Waals surface area contributed by atoms with Gasteiger partial charge in [0, 0.05) is 0 Å². The summed E-state index contributed by atoms with van der Waals surface area (Å²) in [7, 11) is -3.10. The van der Waals surface area contributed by atoms with Gasteiger partial charge in [-0.05, 0) is 62.0 Å². The molecule has 1 aromatic rings. The van der Waals surface area contributed by atoms with Gasteiger partial charge < -0.3 is 5.32 Å². The standard InChI is InChI=1S/C14H21NO2S/c1-2-15-9-4-10-18(16,17)14-8-7-12-5-3-6-13(12)11-14/h7-8,11,15H,2-6,9-10H2,1H3. The zero-order valence-electron chi connectivity index (χ0n) is 10.9. The van der Waals surface area contributed by atoms with Gasteiger partial charge in [0.15, 0.2) is 9.84 Å². The molecule has 0 bridgehead atoms. The largest absolute Gasteiger partial charge is 0.317 e. The zero-order chi connectivity index (χ0) is 13.0. The summed E-state index contributed by atoms with van der Waals surface area (Å²) in [5, 5.41) is 3.15. The van der Waals surface area contributed by atoms with Gasteiger partial charge in [0.25, 0.3) is 0 Å². The lowest BCUT2D eigenvalue weighted by Gasteiger charge is -2.07. The van der Waals surface area contributed by atoms with Crippen molar-refractivity contribution in [3.63, 3.8) is 0 Å². The molecule has 0 aliphatic heterocycles. The van der Waals surface area contributed by atoms with Crippen molar-refractivity contribution >= 4 is 9.84 Å². The number of aryl methyl sites for hydroxylation is 2. The summed E-state index contributed by atoms with van der Waals surface area (Å²) >= 11 is 0. The Bertz CT molecular complexity index is 509. The molecule has 3 nitrogen and oxygen atoms in total. The average molecular weight is 267 g/mol. The number of rotatable bonds is 6. The third-order valence-electron chi connectivity index (χ3n) is 3.45. The Morgan fingerprint density at radius 1 is 1.22 bits per heavy atom. The first-order valence-electron chi connectivity index (χ1n) is 6.69. The molecule has 100 valence electrons. The van der Waals surface area contributed by atoms with Crippen LogP contribution in [0.4, 0.5) is 0 Å². The highest BCUT2D eigenvalue weighted by molar-refractivity contribution is 7.91. The van der Waals surface area contributed by atoms with E-state index < -0.39 is 9.84 Å². The smallest absolute Gasteiger partial charge is 0.178 e. The summed E-state index contributed by atoms with van der Waals surface area (Å²) in [6.07, 6.45) is 3.94. The van der Waals surface area contributed by atoms with Crippen molar-refractivity contribution in [1.29, 1.82) is 0 Å². The first-order chi connectivity index (χ1) is 8.63. The topological polar surface area (TPSA) is 46.2 Å². The number of benzene rings is 1. The lowest BCUT2D eigenvalue weighted by Crippen LogP contribution is -2.18. The summed E-state index contributed by atoms with van der Waals surface area (Å²) < 4.78 is 24.3. The maximum Gasteiger partial charge on any atom is 0.178 e. The van der Waals surface area contributed by atoms with Gasteiger partial charge in [-0.2, -0.15) is 0 Å². The van der Waals surface area contributed by atoms with Crippen LogP contribution >= 0.6 is 0 Å². The quantitative estimate of drug-likeness (QED) is 0.801. The molecule has 18 heavy (non-hydrogen) atoms. The Hall–Kier alpha value is -0.870. The molecule has 1 N–H and O–H groups in total. The van der Waals surface area contributed by atoms with E-state index in [0.717, 1.165) is 32.4 Å². The monoisotopic (exact) mass is 267 g/mol. The van der Waals surface area contributed by atoms with Crippen LogP contribution in [0.15, 0.2) is 23.1 Å². The fourth-order valence-corrected chi connectivity index (χ4v) is 3.78. The molecule has 0 fully saturated rings. The second-order valence-corrected chi connectivity index (χ2v) is 6.92. The van der Waals surface area contributed by atoms with Gasteiger partial charge in [-0.15, -0.1) is 0 Å². The van der Waals surface area contributed by atoms with Gasteiger partial charge in [-0.25, -0.2) is 8.42 Å². The van der Waals surface area contributed by atoms with Crippen LogP contribution in [0.3, 0.4) is 0 Å². The van der Waals surface area contributed by atoms with Gasteiger partial charge in [0.1, 0.15) is 0 Å². The molecule has 0 spiro atoms. The highest BCUT2D eigenvalue weighted by Gasteiger charge is 2.18. The Morgan fingerprint density at radius 3 is 2.78 bits per heavy atom. The van der Waals surface area contributed by atoms with E-state index in [1.807, 2.05) is 19.1 Å². The second kappa shape index (κ2) is 5.85. The van der Waals surface area contributed by atoms with Crippen molar-refractivity contribution in [2.75, 3.05) is 18.8 Å². The molecular weight excluding hydrogens is 246 g/mol. The van der Waals surface area contributed by atoms with Crippen LogP contribution in [0.25, 0.3) is 0 Å². The first-order valence-corrected chi connectivity index (χ1v) is 8.34. The predicted octanol–water partition coefficient (Wildman–Crippen LogP) is 1.95. The molecular formula is C14H21NO2S. The number of sulfone groups is 1. The van der Waals surface area contributed by atoms with E-state index in [0.29, 0.717) is 11.3 Å². The molecule has 1 aliphatic rings. The Kier molecular flexibility index (Phi) is 4.40. The minimum absolute atomic E-state index is 0.235.